The summed E-state index contributed by atoms with van der Waals surface area (Å²) in [6, 6.07) is 0. The molecule has 0 bridgehead atoms. The fraction of sp³-hybridized carbons (Fsp3) is 0.935. The predicted molar refractivity (Wildman–Crippen MR) is 322 cm³/mol. The van der Waals surface area contributed by atoms with E-state index in [4.69, 9.17) is 0 Å². The minimum atomic E-state index is -1.28. The minimum absolute atomic E-state index is 0.0262. The number of nitrogens with one attached hydrogen (secondary N) is 4. The molecule has 0 radical (unpaired) electrons. The van der Waals surface area contributed by atoms with Gasteiger partial charge in [-0.05, 0) is 64.7 Å². The summed E-state index contributed by atoms with van der Waals surface area (Å²) >= 11 is 0. The molecule has 0 aromatic heterocycles. The first-order valence-corrected chi connectivity index (χ1v) is 32.7. The maximum absolute atomic E-state index is 13.0. The number of carbonyl (C=O) groups is 4. The van der Waals surface area contributed by atoms with Gasteiger partial charge in [0.25, 0.3) is 0 Å². The van der Waals surface area contributed by atoms with E-state index in [0.29, 0.717) is 39.3 Å². The second kappa shape index (κ2) is 52.6. The summed E-state index contributed by atoms with van der Waals surface area (Å²) in [6.07, 6.45) is 33.5. The van der Waals surface area contributed by atoms with Gasteiger partial charge in [-0.3, -0.25) is 29.0 Å². The van der Waals surface area contributed by atoms with Gasteiger partial charge in [0.1, 0.15) is 24.4 Å². The van der Waals surface area contributed by atoms with Gasteiger partial charge in [-0.25, -0.2) is 0 Å². The smallest absolute Gasteiger partial charge is 0.250 e. The van der Waals surface area contributed by atoms with Gasteiger partial charge < -0.3 is 51.5 Å². The Labute approximate surface area is 477 Å². The number of aliphatic hydroxyl groups excluding tert-OH is 4. The first kappa shape index (κ1) is 73.6. The lowest BCUT2D eigenvalue weighted by Crippen LogP contribution is -2.50. The lowest BCUT2D eigenvalue weighted by molar-refractivity contribution is -0.133. The van der Waals surface area contributed by atoms with Crippen LogP contribution >= 0.6 is 0 Å². The van der Waals surface area contributed by atoms with Crippen molar-refractivity contribution < 1.29 is 39.6 Å². The van der Waals surface area contributed by atoms with Crippen LogP contribution in [0.3, 0.4) is 0 Å². The summed E-state index contributed by atoms with van der Waals surface area (Å²) < 4.78 is 0. The van der Waals surface area contributed by atoms with E-state index >= 15 is 0 Å². The lowest BCUT2D eigenvalue weighted by Gasteiger charge is -2.36. The average Bonchev–Trinajstić information content (AvgIpc) is 3.43. The molecule has 0 aliphatic carbocycles. The van der Waals surface area contributed by atoms with Crippen molar-refractivity contribution in [2.45, 2.75) is 270 Å². The molecule has 1 aliphatic heterocycles. The Bertz CT molecular complexity index is 1220. The molecule has 0 aromatic carbocycles. The van der Waals surface area contributed by atoms with Crippen molar-refractivity contribution in [3.05, 3.63) is 0 Å². The molecule has 8 N–H and O–H groups in total. The molecule has 1 rings (SSSR count). The van der Waals surface area contributed by atoms with Crippen molar-refractivity contribution in [3.8, 4) is 0 Å². The molecule has 16 nitrogen and oxygen atoms in total. The summed E-state index contributed by atoms with van der Waals surface area (Å²) in [5, 5.41) is 55.6. The van der Waals surface area contributed by atoms with Crippen molar-refractivity contribution in [1.82, 2.24) is 40.9 Å². The molecule has 1 saturated heterocycles. The molecular formula is C62H124N8O8. The molecule has 4 unspecified atom stereocenters. The first-order valence-electron chi connectivity index (χ1n) is 32.7. The molecule has 0 saturated carbocycles. The highest BCUT2D eigenvalue weighted by molar-refractivity contribution is 5.82. The third kappa shape index (κ3) is 42.4. The van der Waals surface area contributed by atoms with Gasteiger partial charge in [0.15, 0.2) is 0 Å². The van der Waals surface area contributed by atoms with Crippen molar-refractivity contribution in [1.29, 1.82) is 0 Å². The summed E-state index contributed by atoms with van der Waals surface area (Å²) in [6.45, 7) is 17.0. The van der Waals surface area contributed by atoms with Gasteiger partial charge in [-0.2, -0.15) is 0 Å². The monoisotopic (exact) mass is 1110 g/mol. The van der Waals surface area contributed by atoms with Crippen molar-refractivity contribution in [2.24, 2.45) is 0 Å². The van der Waals surface area contributed by atoms with Crippen LogP contribution in [0.4, 0.5) is 0 Å². The Morgan fingerprint density at radius 2 is 0.513 bits per heavy atom. The number of hydrogen-bond acceptors (Lipinski definition) is 12. The molecule has 460 valence electrons. The van der Waals surface area contributed by atoms with Crippen molar-refractivity contribution in [3.63, 3.8) is 0 Å². The zero-order valence-corrected chi connectivity index (χ0v) is 50.9. The molecule has 0 aromatic rings. The minimum Gasteiger partial charge on any atom is -0.382 e. The standard InChI is InChI=1S/C62H124N8O8/c1-5-9-13-17-21-25-29-33-39-63-59(75)55(71)51-69(52-56(72)60(76)64-40-34-30-26-22-18-14-10-6-2)45-37-43-67-47-49-68(50-48-67)44-38-46-70(53-57(73)61(77)65-41-35-31-27-23-19-15-11-7-3)54-58(74)62(78)66-42-36-32-28-24-20-16-12-8-4/h55-58,71-74H,5-54H2,1-4H3,(H,63,75)(H,64,76)(H,65,77)(H,66,78). The maximum atomic E-state index is 13.0. The Kier molecular flexibility index (Phi) is 49.6. The number of aliphatic hydroxyl groups is 4. The van der Waals surface area contributed by atoms with E-state index < -0.39 is 48.0 Å². The summed E-state index contributed by atoms with van der Waals surface area (Å²) in [5.41, 5.74) is 0. The zero-order chi connectivity index (χ0) is 57.1. The number of rotatable bonds is 56. The summed E-state index contributed by atoms with van der Waals surface area (Å²) in [7, 11) is 0. The largest absolute Gasteiger partial charge is 0.382 e. The molecule has 4 atom stereocenters. The molecular weight excluding hydrogens is 985 g/mol. The van der Waals surface area contributed by atoms with Gasteiger partial charge in [-0.15, -0.1) is 0 Å². The number of amides is 4. The highest BCUT2D eigenvalue weighted by atomic mass is 16.3. The second-order valence-electron chi connectivity index (χ2n) is 23.0. The molecule has 1 heterocycles. The van der Waals surface area contributed by atoms with Crippen LogP contribution in [-0.2, 0) is 19.2 Å². The van der Waals surface area contributed by atoms with E-state index in [9.17, 15) is 39.6 Å². The first-order chi connectivity index (χ1) is 37.9. The number of piperazine rings is 1. The normalized spacial score (nSPS) is 14.9. The Morgan fingerprint density at radius 1 is 0.321 bits per heavy atom. The predicted octanol–water partition coefficient (Wildman–Crippen LogP) is 8.46. The molecule has 1 fully saturated rings. The molecule has 78 heavy (non-hydrogen) atoms. The van der Waals surface area contributed by atoms with Crippen LogP contribution in [0, 0.1) is 0 Å². The van der Waals surface area contributed by atoms with E-state index in [1.54, 1.807) is 0 Å². The SMILES string of the molecule is CCCCCCCCCCNC(=O)C(O)CN(CCCN1CCN(CCCN(CC(O)C(=O)NCCCCCCCCCC)CC(O)C(=O)NCCCCCCCCCC)CC1)CC(O)C(=O)NCCCCCCCCCC. The maximum Gasteiger partial charge on any atom is 0.250 e. The van der Waals surface area contributed by atoms with E-state index in [-0.39, 0.29) is 26.2 Å². The summed E-state index contributed by atoms with van der Waals surface area (Å²) in [5.74, 6) is -1.69. The van der Waals surface area contributed by atoms with Gasteiger partial charge in [-0.1, -0.05) is 207 Å². The van der Waals surface area contributed by atoms with Gasteiger partial charge in [0.2, 0.25) is 23.6 Å². The topological polar surface area (TPSA) is 210 Å². The van der Waals surface area contributed by atoms with Gasteiger partial charge in [0.05, 0.1) is 0 Å². The van der Waals surface area contributed by atoms with Crippen LogP contribution in [-0.4, -0.2) is 193 Å². The van der Waals surface area contributed by atoms with Crippen LogP contribution in [0.1, 0.15) is 246 Å². The van der Waals surface area contributed by atoms with E-state index in [0.717, 1.165) is 129 Å². The highest BCUT2D eigenvalue weighted by Crippen LogP contribution is 2.13. The van der Waals surface area contributed by atoms with E-state index in [1.807, 2.05) is 9.80 Å². The Balaban J connectivity index is 2.73. The summed E-state index contributed by atoms with van der Waals surface area (Å²) in [4.78, 5) is 60.5. The van der Waals surface area contributed by atoms with Crippen LogP contribution in [0.15, 0.2) is 0 Å². The molecule has 16 heteroatoms. The van der Waals surface area contributed by atoms with E-state index in [1.165, 1.54) is 128 Å². The lowest BCUT2D eigenvalue weighted by atomic mass is 10.1. The average molecular weight is 1110 g/mol. The number of nitrogens with zero attached hydrogens (tertiary/aromatic N) is 4. The van der Waals surface area contributed by atoms with Gasteiger partial charge >= 0.3 is 0 Å². The third-order valence-corrected chi connectivity index (χ3v) is 15.6. The highest BCUT2D eigenvalue weighted by Gasteiger charge is 2.26. The number of unbranched alkanes of at least 4 members (excludes halogenated alkanes) is 28. The fourth-order valence-corrected chi connectivity index (χ4v) is 10.4. The molecule has 0 spiro atoms. The number of hydrogen-bond donors (Lipinski definition) is 8. The fourth-order valence-electron chi connectivity index (χ4n) is 10.4. The van der Waals surface area contributed by atoms with Crippen LogP contribution in [0.5, 0.6) is 0 Å². The van der Waals surface area contributed by atoms with Crippen LogP contribution < -0.4 is 21.3 Å². The Hall–Kier alpha value is -2.44. The molecule has 1 aliphatic rings. The second-order valence-corrected chi connectivity index (χ2v) is 23.0. The zero-order valence-electron chi connectivity index (χ0n) is 50.9. The van der Waals surface area contributed by atoms with E-state index in [2.05, 4.69) is 58.8 Å². The quantitative estimate of drug-likeness (QED) is 0.0270. The van der Waals surface area contributed by atoms with Crippen molar-refractivity contribution in [2.75, 3.05) is 105 Å². The number of carbonyl (C=O) groups excluding carboxylic acids is 4. The van der Waals surface area contributed by atoms with Crippen LogP contribution in [0.25, 0.3) is 0 Å². The molecule has 4 amide bonds. The van der Waals surface area contributed by atoms with Crippen molar-refractivity contribution >= 4 is 23.6 Å². The Morgan fingerprint density at radius 3 is 0.718 bits per heavy atom. The third-order valence-electron chi connectivity index (χ3n) is 15.6. The van der Waals surface area contributed by atoms with Gasteiger partial charge in [0, 0.05) is 78.5 Å². The van der Waals surface area contributed by atoms with Crippen LogP contribution in [0.2, 0.25) is 0 Å².